The molecular weight excluding hydrogens is 393 g/mol. The molecule has 0 saturated heterocycles. The Balaban J connectivity index is 0.000000173. The number of pyridine rings is 2. The van der Waals surface area contributed by atoms with Gasteiger partial charge in [0.2, 0.25) is 0 Å². The second kappa shape index (κ2) is 10.3. The first-order chi connectivity index (χ1) is 11.9. The Bertz CT molecular complexity index is 686. The van der Waals surface area contributed by atoms with Crippen LogP contribution in [0.2, 0.25) is 0 Å². The molecule has 4 aromatic rings. The summed E-state index contributed by atoms with van der Waals surface area (Å²) in [5, 5.41) is 0. The molecule has 0 saturated carbocycles. The maximum absolute atomic E-state index is 4.25. The van der Waals surface area contributed by atoms with Gasteiger partial charge in [-0.15, -0.1) is 0 Å². The molecule has 2 aromatic heterocycles. The molecule has 3 heteroatoms. The standard InChI is InChI=1S/2C11H9N.Ru/c2*1-2-6-10(7-3-1)11-8-4-5-9-12-11;/h2*1-9H;/q;;+3. The van der Waals surface area contributed by atoms with E-state index in [1.165, 1.54) is 0 Å². The molecule has 121 valence electrons. The third-order valence-electron chi connectivity index (χ3n) is 3.47. The van der Waals surface area contributed by atoms with E-state index in [9.17, 15) is 0 Å². The van der Waals surface area contributed by atoms with E-state index in [-0.39, 0.29) is 19.5 Å². The van der Waals surface area contributed by atoms with Crippen LogP contribution < -0.4 is 0 Å². The van der Waals surface area contributed by atoms with E-state index < -0.39 is 0 Å². The van der Waals surface area contributed by atoms with Crippen LogP contribution in [0.5, 0.6) is 0 Å². The van der Waals surface area contributed by atoms with E-state index in [0.717, 1.165) is 22.5 Å². The Hall–Kier alpha value is -2.64. The van der Waals surface area contributed by atoms with Crippen molar-refractivity contribution in [2.45, 2.75) is 0 Å². The van der Waals surface area contributed by atoms with Gasteiger partial charge in [0.15, 0.2) is 0 Å². The summed E-state index contributed by atoms with van der Waals surface area (Å²) < 4.78 is 0. The molecule has 0 spiro atoms. The van der Waals surface area contributed by atoms with Crippen molar-refractivity contribution in [3.63, 3.8) is 0 Å². The first kappa shape index (κ1) is 18.7. The van der Waals surface area contributed by atoms with Crippen molar-refractivity contribution in [2.75, 3.05) is 0 Å². The zero-order chi connectivity index (χ0) is 16.5. The Kier molecular flexibility index (Phi) is 7.68. The predicted octanol–water partition coefficient (Wildman–Crippen LogP) is 5.49. The zero-order valence-corrected chi connectivity index (χ0v) is 15.4. The summed E-state index contributed by atoms with van der Waals surface area (Å²) in [6.45, 7) is 0. The van der Waals surface area contributed by atoms with Crippen LogP contribution in [0.1, 0.15) is 0 Å². The van der Waals surface area contributed by atoms with Gasteiger partial charge in [-0.25, -0.2) is 0 Å². The first-order valence-corrected chi connectivity index (χ1v) is 7.86. The van der Waals surface area contributed by atoms with Crippen LogP contribution >= 0.6 is 0 Å². The van der Waals surface area contributed by atoms with Crippen LogP contribution in [0.4, 0.5) is 0 Å². The van der Waals surface area contributed by atoms with Gasteiger partial charge >= 0.3 is 19.5 Å². The summed E-state index contributed by atoms with van der Waals surface area (Å²) in [4.78, 5) is 8.50. The Morgan fingerprint density at radius 3 is 1.08 bits per heavy atom. The van der Waals surface area contributed by atoms with Crippen LogP contribution in [0.3, 0.4) is 0 Å². The Morgan fingerprint density at radius 2 is 0.760 bits per heavy atom. The molecule has 0 N–H and O–H groups in total. The topological polar surface area (TPSA) is 25.8 Å². The van der Waals surface area contributed by atoms with Crippen LogP contribution in [-0.2, 0) is 19.5 Å². The van der Waals surface area contributed by atoms with Gasteiger partial charge in [0.1, 0.15) is 0 Å². The fraction of sp³-hybridized carbons (Fsp3) is 0. The van der Waals surface area contributed by atoms with Gasteiger partial charge in [-0.05, 0) is 24.3 Å². The molecule has 0 amide bonds. The molecule has 0 bridgehead atoms. The fourth-order valence-electron chi connectivity index (χ4n) is 2.28. The van der Waals surface area contributed by atoms with Crippen molar-refractivity contribution in [2.24, 2.45) is 0 Å². The van der Waals surface area contributed by atoms with E-state index >= 15 is 0 Å². The van der Waals surface area contributed by atoms with Gasteiger partial charge in [0.25, 0.3) is 0 Å². The molecule has 2 nitrogen and oxygen atoms in total. The smallest absolute Gasteiger partial charge is 0.256 e. The van der Waals surface area contributed by atoms with Crippen molar-refractivity contribution in [1.29, 1.82) is 0 Å². The molecular formula is C22H18N2Ru+3. The minimum Gasteiger partial charge on any atom is -0.256 e. The van der Waals surface area contributed by atoms with Gasteiger partial charge < -0.3 is 0 Å². The second-order valence-corrected chi connectivity index (χ2v) is 5.16. The first-order valence-electron chi connectivity index (χ1n) is 7.86. The van der Waals surface area contributed by atoms with E-state index in [1.807, 2.05) is 85.2 Å². The third kappa shape index (κ3) is 5.74. The number of hydrogen-bond acceptors (Lipinski definition) is 2. The molecule has 1 radical (unpaired) electrons. The Labute approximate surface area is 161 Å². The summed E-state index contributed by atoms with van der Waals surface area (Å²) in [6, 6.07) is 32.2. The minimum atomic E-state index is 0. The monoisotopic (exact) mass is 412 g/mol. The van der Waals surface area contributed by atoms with Gasteiger partial charge in [0.05, 0.1) is 11.4 Å². The maximum Gasteiger partial charge on any atom is 3.00 e. The molecule has 0 unspecified atom stereocenters. The summed E-state index contributed by atoms with van der Waals surface area (Å²) in [7, 11) is 0. The molecule has 0 aliphatic carbocycles. The van der Waals surface area contributed by atoms with Crippen LogP contribution in [0.25, 0.3) is 22.5 Å². The summed E-state index contributed by atoms with van der Waals surface area (Å²) in [5.41, 5.74) is 4.38. The number of nitrogens with zero attached hydrogens (tertiary/aromatic N) is 2. The van der Waals surface area contributed by atoms with E-state index in [4.69, 9.17) is 0 Å². The van der Waals surface area contributed by atoms with Crippen molar-refractivity contribution < 1.29 is 19.5 Å². The normalized spacial score (nSPS) is 9.28. The third-order valence-corrected chi connectivity index (χ3v) is 3.47. The summed E-state index contributed by atoms with van der Waals surface area (Å²) in [6.07, 6.45) is 3.62. The van der Waals surface area contributed by atoms with Crippen molar-refractivity contribution >= 4 is 0 Å². The number of benzene rings is 2. The number of hydrogen-bond donors (Lipinski definition) is 0. The van der Waals surface area contributed by atoms with Crippen LogP contribution in [0.15, 0.2) is 109 Å². The molecule has 4 rings (SSSR count). The molecule has 0 aliphatic rings. The molecule has 2 aromatic carbocycles. The van der Waals surface area contributed by atoms with Gasteiger partial charge in [-0.3, -0.25) is 9.97 Å². The Morgan fingerprint density at radius 1 is 0.400 bits per heavy atom. The van der Waals surface area contributed by atoms with Gasteiger partial charge in [0, 0.05) is 23.5 Å². The summed E-state index contributed by atoms with van der Waals surface area (Å²) in [5.74, 6) is 0. The molecule has 0 fully saturated rings. The molecule has 0 atom stereocenters. The van der Waals surface area contributed by atoms with Crippen LogP contribution in [-0.4, -0.2) is 9.97 Å². The van der Waals surface area contributed by atoms with Crippen molar-refractivity contribution in [3.05, 3.63) is 109 Å². The largest absolute Gasteiger partial charge is 3.00 e. The van der Waals surface area contributed by atoms with E-state index in [2.05, 4.69) is 34.2 Å². The minimum absolute atomic E-state index is 0. The van der Waals surface area contributed by atoms with Crippen molar-refractivity contribution in [3.8, 4) is 22.5 Å². The quantitative estimate of drug-likeness (QED) is 0.408. The predicted molar refractivity (Wildman–Crippen MR) is 99.3 cm³/mol. The summed E-state index contributed by atoms with van der Waals surface area (Å²) >= 11 is 0. The molecule has 25 heavy (non-hydrogen) atoms. The van der Waals surface area contributed by atoms with Crippen LogP contribution in [0, 0.1) is 0 Å². The number of rotatable bonds is 2. The number of aromatic nitrogens is 2. The fourth-order valence-corrected chi connectivity index (χ4v) is 2.28. The molecule has 2 heterocycles. The van der Waals surface area contributed by atoms with Gasteiger partial charge in [-0.2, -0.15) is 0 Å². The average Bonchev–Trinajstić information content (AvgIpc) is 2.71. The van der Waals surface area contributed by atoms with E-state index in [1.54, 1.807) is 0 Å². The van der Waals surface area contributed by atoms with Gasteiger partial charge in [-0.1, -0.05) is 72.8 Å². The van der Waals surface area contributed by atoms with Crippen molar-refractivity contribution in [1.82, 2.24) is 9.97 Å². The second-order valence-electron chi connectivity index (χ2n) is 5.16. The van der Waals surface area contributed by atoms with E-state index in [0.29, 0.717) is 0 Å². The SMILES string of the molecule is [Ru+3].c1ccc(-c2ccccn2)cc1.c1ccc(-c2ccccn2)cc1. The molecule has 0 aliphatic heterocycles. The maximum atomic E-state index is 4.25. The zero-order valence-electron chi connectivity index (χ0n) is 13.6. The average molecular weight is 411 g/mol.